The van der Waals surface area contributed by atoms with Crippen molar-refractivity contribution in [3.63, 3.8) is 0 Å². The summed E-state index contributed by atoms with van der Waals surface area (Å²) < 4.78 is 4.81. The molecule has 0 spiro atoms. The van der Waals surface area contributed by atoms with E-state index >= 15 is 0 Å². The van der Waals surface area contributed by atoms with Crippen LogP contribution < -0.4 is 4.90 Å². The van der Waals surface area contributed by atoms with E-state index in [0.29, 0.717) is 6.54 Å². The Labute approximate surface area is 102 Å². The Morgan fingerprint density at radius 2 is 2.35 bits per heavy atom. The SMILES string of the molecule is COC(=O)[C@@H]1CCCN(c2cccc(C)n2)C1. The van der Waals surface area contributed by atoms with Crippen molar-refractivity contribution in [1.29, 1.82) is 0 Å². The van der Waals surface area contributed by atoms with Crippen LogP contribution in [0.4, 0.5) is 5.82 Å². The molecule has 0 amide bonds. The highest BCUT2D eigenvalue weighted by Gasteiger charge is 2.26. The third-order valence-corrected chi connectivity index (χ3v) is 3.15. The number of hydrogen-bond donors (Lipinski definition) is 0. The van der Waals surface area contributed by atoms with Crippen LogP contribution in [-0.4, -0.2) is 31.2 Å². The molecule has 1 fully saturated rings. The van der Waals surface area contributed by atoms with Gasteiger partial charge in [0, 0.05) is 18.8 Å². The van der Waals surface area contributed by atoms with E-state index in [1.54, 1.807) is 0 Å². The molecule has 1 aliphatic heterocycles. The normalized spacial score (nSPS) is 20.1. The summed E-state index contributed by atoms with van der Waals surface area (Å²) in [5.41, 5.74) is 1.00. The average molecular weight is 234 g/mol. The van der Waals surface area contributed by atoms with Gasteiger partial charge in [-0.1, -0.05) is 6.07 Å². The number of esters is 1. The van der Waals surface area contributed by atoms with Crippen LogP contribution in [0.1, 0.15) is 18.5 Å². The predicted molar refractivity (Wildman–Crippen MR) is 65.9 cm³/mol. The summed E-state index contributed by atoms with van der Waals surface area (Å²) in [5, 5.41) is 0. The topological polar surface area (TPSA) is 42.4 Å². The fraction of sp³-hybridized carbons (Fsp3) is 0.538. The lowest BCUT2D eigenvalue weighted by molar-refractivity contribution is -0.145. The zero-order valence-corrected chi connectivity index (χ0v) is 10.3. The molecule has 1 aromatic rings. The number of carbonyl (C=O) groups excluding carboxylic acids is 1. The number of rotatable bonds is 2. The molecule has 0 N–H and O–H groups in total. The molecule has 0 saturated carbocycles. The van der Waals surface area contributed by atoms with E-state index in [0.717, 1.165) is 30.9 Å². The van der Waals surface area contributed by atoms with Crippen molar-refractivity contribution >= 4 is 11.8 Å². The third kappa shape index (κ3) is 2.75. The Kier molecular flexibility index (Phi) is 3.61. The summed E-state index contributed by atoms with van der Waals surface area (Å²) in [6.07, 6.45) is 1.92. The molecule has 4 heteroatoms. The van der Waals surface area contributed by atoms with Crippen molar-refractivity contribution in [3.8, 4) is 0 Å². The molecule has 1 saturated heterocycles. The van der Waals surface area contributed by atoms with E-state index in [1.807, 2.05) is 25.1 Å². The summed E-state index contributed by atoms with van der Waals surface area (Å²) >= 11 is 0. The lowest BCUT2D eigenvalue weighted by Gasteiger charge is -2.32. The number of hydrogen-bond acceptors (Lipinski definition) is 4. The van der Waals surface area contributed by atoms with Crippen LogP contribution in [-0.2, 0) is 9.53 Å². The maximum absolute atomic E-state index is 11.5. The van der Waals surface area contributed by atoms with Crippen LogP contribution in [0.5, 0.6) is 0 Å². The van der Waals surface area contributed by atoms with Gasteiger partial charge in [-0.25, -0.2) is 4.98 Å². The van der Waals surface area contributed by atoms with Gasteiger partial charge in [-0.05, 0) is 31.9 Å². The van der Waals surface area contributed by atoms with Gasteiger partial charge in [0.15, 0.2) is 0 Å². The molecule has 0 unspecified atom stereocenters. The molecule has 2 rings (SSSR count). The molecule has 1 aromatic heterocycles. The van der Waals surface area contributed by atoms with Crippen molar-refractivity contribution in [2.75, 3.05) is 25.1 Å². The molecule has 1 aliphatic rings. The standard InChI is InChI=1S/C13H18N2O2/c1-10-5-3-7-12(14-10)15-8-4-6-11(9-15)13(16)17-2/h3,5,7,11H,4,6,8-9H2,1-2H3/t11-/m1/s1. The molecule has 0 radical (unpaired) electrons. The Morgan fingerprint density at radius 1 is 1.53 bits per heavy atom. The van der Waals surface area contributed by atoms with Crippen LogP contribution in [0.2, 0.25) is 0 Å². The number of methoxy groups -OCH3 is 1. The number of carbonyl (C=O) groups is 1. The lowest BCUT2D eigenvalue weighted by atomic mass is 9.98. The molecule has 17 heavy (non-hydrogen) atoms. The number of pyridine rings is 1. The van der Waals surface area contributed by atoms with E-state index in [-0.39, 0.29) is 11.9 Å². The van der Waals surface area contributed by atoms with Crippen LogP contribution in [0, 0.1) is 12.8 Å². The molecule has 1 atom stereocenters. The van der Waals surface area contributed by atoms with Crippen molar-refractivity contribution < 1.29 is 9.53 Å². The van der Waals surface area contributed by atoms with E-state index in [4.69, 9.17) is 4.74 Å². The second-order valence-corrected chi connectivity index (χ2v) is 4.45. The number of aryl methyl sites for hydroxylation is 1. The highest BCUT2D eigenvalue weighted by atomic mass is 16.5. The number of nitrogens with zero attached hydrogens (tertiary/aromatic N) is 2. The smallest absolute Gasteiger partial charge is 0.310 e. The van der Waals surface area contributed by atoms with Crippen molar-refractivity contribution in [3.05, 3.63) is 23.9 Å². The second kappa shape index (κ2) is 5.17. The zero-order valence-electron chi connectivity index (χ0n) is 10.3. The van der Waals surface area contributed by atoms with Crippen LogP contribution in [0.3, 0.4) is 0 Å². The fourth-order valence-electron chi connectivity index (χ4n) is 2.25. The number of ether oxygens (including phenoxy) is 1. The molecule has 92 valence electrons. The minimum absolute atomic E-state index is 0.0175. The van der Waals surface area contributed by atoms with Gasteiger partial charge in [-0.2, -0.15) is 0 Å². The second-order valence-electron chi connectivity index (χ2n) is 4.45. The summed E-state index contributed by atoms with van der Waals surface area (Å²) in [5.74, 6) is 0.831. The van der Waals surface area contributed by atoms with E-state index < -0.39 is 0 Å². The van der Waals surface area contributed by atoms with E-state index in [2.05, 4.69) is 9.88 Å². The number of aromatic nitrogens is 1. The molecular formula is C13H18N2O2. The molecule has 0 bridgehead atoms. The molecule has 0 aromatic carbocycles. The number of anilines is 1. The zero-order chi connectivity index (χ0) is 12.3. The van der Waals surface area contributed by atoms with Crippen LogP contribution in [0.15, 0.2) is 18.2 Å². The van der Waals surface area contributed by atoms with Gasteiger partial charge in [-0.15, -0.1) is 0 Å². The summed E-state index contributed by atoms with van der Waals surface area (Å²) in [6.45, 7) is 3.65. The summed E-state index contributed by atoms with van der Waals surface area (Å²) in [6, 6.07) is 5.97. The Bertz CT molecular complexity index is 406. The van der Waals surface area contributed by atoms with E-state index in [1.165, 1.54) is 7.11 Å². The minimum atomic E-state index is -0.109. The Hall–Kier alpha value is -1.58. The van der Waals surface area contributed by atoms with Gasteiger partial charge < -0.3 is 9.64 Å². The largest absolute Gasteiger partial charge is 0.469 e. The highest BCUT2D eigenvalue weighted by Crippen LogP contribution is 2.22. The maximum atomic E-state index is 11.5. The Balaban J connectivity index is 2.09. The van der Waals surface area contributed by atoms with Gasteiger partial charge in [0.2, 0.25) is 0 Å². The van der Waals surface area contributed by atoms with Gasteiger partial charge in [0.05, 0.1) is 13.0 Å². The third-order valence-electron chi connectivity index (χ3n) is 3.15. The first-order chi connectivity index (χ1) is 8.20. The lowest BCUT2D eigenvalue weighted by Crippen LogP contribution is -2.39. The van der Waals surface area contributed by atoms with Gasteiger partial charge in [0.1, 0.15) is 5.82 Å². The first kappa shape index (κ1) is 11.9. The molecular weight excluding hydrogens is 216 g/mol. The van der Waals surface area contributed by atoms with Crippen molar-refractivity contribution in [2.45, 2.75) is 19.8 Å². The van der Waals surface area contributed by atoms with Gasteiger partial charge in [-0.3, -0.25) is 4.79 Å². The monoisotopic (exact) mass is 234 g/mol. The summed E-state index contributed by atoms with van der Waals surface area (Å²) in [4.78, 5) is 18.2. The minimum Gasteiger partial charge on any atom is -0.469 e. The van der Waals surface area contributed by atoms with E-state index in [9.17, 15) is 4.79 Å². The highest BCUT2D eigenvalue weighted by molar-refractivity contribution is 5.73. The van der Waals surface area contributed by atoms with Gasteiger partial charge >= 0.3 is 5.97 Å². The molecule has 0 aliphatic carbocycles. The fourth-order valence-corrected chi connectivity index (χ4v) is 2.25. The van der Waals surface area contributed by atoms with Crippen molar-refractivity contribution in [2.24, 2.45) is 5.92 Å². The quantitative estimate of drug-likeness (QED) is 0.731. The maximum Gasteiger partial charge on any atom is 0.310 e. The first-order valence-electron chi connectivity index (χ1n) is 5.97. The first-order valence-corrected chi connectivity index (χ1v) is 5.97. The van der Waals surface area contributed by atoms with Crippen molar-refractivity contribution in [1.82, 2.24) is 4.98 Å². The predicted octanol–water partition coefficient (Wildman–Crippen LogP) is 1.78. The molecule has 2 heterocycles. The molecule has 4 nitrogen and oxygen atoms in total. The van der Waals surface area contributed by atoms with Gasteiger partial charge in [0.25, 0.3) is 0 Å². The Morgan fingerprint density at radius 3 is 3.06 bits per heavy atom. The van der Waals surface area contributed by atoms with Crippen LogP contribution in [0.25, 0.3) is 0 Å². The number of piperidine rings is 1. The van der Waals surface area contributed by atoms with Crippen LogP contribution >= 0.6 is 0 Å². The average Bonchev–Trinajstić information content (AvgIpc) is 2.38. The summed E-state index contributed by atoms with van der Waals surface area (Å²) in [7, 11) is 1.45.